The minimum absolute atomic E-state index is 0. The summed E-state index contributed by atoms with van der Waals surface area (Å²) in [5.74, 6) is 0.0765. The van der Waals surface area contributed by atoms with Crippen molar-refractivity contribution in [3.63, 3.8) is 0 Å². The van der Waals surface area contributed by atoms with Gasteiger partial charge in [-0.1, -0.05) is 31.5 Å². The number of hydrogen-bond acceptors (Lipinski definition) is 3. The van der Waals surface area contributed by atoms with Crippen molar-refractivity contribution in [3.8, 4) is 5.69 Å². The average Bonchev–Trinajstić information content (AvgIpc) is 2.96. The van der Waals surface area contributed by atoms with Crippen molar-refractivity contribution in [2.24, 2.45) is 0 Å². The fourth-order valence-corrected chi connectivity index (χ4v) is 2.65. The summed E-state index contributed by atoms with van der Waals surface area (Å²) in [6.07, 6.45) is 2.52. The minimum atomic E-state index is -0.0851. The van der Waals surface area contributed by atoms with Crippen molar-refractivity contribution in [1.82, 2.24) is 20.4 Å². The lowest BCUT2D eigenvalue weighted by Gasteiger charge is -2.13. The highest BCUT2D eigenvalue weighted by Crippen LogP contribution is 2.24. The van der Waals surface area contributed by atoms with Gasteiger partial charge in [-0.25, -0.2) is 4.68 Å². The van der Waals surface area contributed by atoms with Crippen LogP contribution in [0.4, 0.5) is 0 Å². The summed E-state index contributed by atoms with van der Waals surface area (Å²) in [7, 11) is 1.90. The molecule has 5 nitrogen and oxygen atoms in total. The molecule has 24 heavy (non-hydrogen) atoms. The molecule has 1 aromatic heterocycles. The zero-order valence-electron chi connectivity index (χ0n) is 14.2. The molecule has 0 aliphatic heterocycles. The zero-order chi connectivity index (χ0) is 16.8. The Morgan fingerprint density at radius 1 is 1.33 bits per heavy atom. The maximum Gasteiger partial charge on any atom is 0.254 e. The molecular weight excluding hydrogens is 347 g/mol. The summed E-state index contributed by atoms with van der Waals surface area (Å²) < 4.78 is 1.79. The van der Waals surface area contributed by atoms with Crippen LogP contribution in [0.25, 0.3) is 5.69 Å². The number of benzene rings is 1. The van der Waals surface area contributed by atoms with E-state index in [0.717, 1.165) is 24.3 Å². The number of nitrogens with zero attached hydrogens (tertiary/aromatic N) is 2. The van der Waals surface area contributed by atoms with Crippen LogP contribution >= 0.6 is 24.0 Å². The van der Waals surface area contributed by atoms with Crippen molar-refractivity contribution in [2.45, 2.75) is 26.2 Å². The molecule has 132 valence electrons. The first-order valence-corrected chi connectivity index (χ1v) is 8.19. The van der Waals surface area contributed by atoms with Gasteiger partial charge in [0.05, 0.1) is 23.1 Å². The van der Waals surface area contributed by atoms with Gasteiger partial charge in [0.2, 0.25) is 0 Å². The van der Waals surface area contributed by atoms with Crippen molar-refractivity contribution in [3.05, 3.63) is 46.7 Å². The molecule has 0 saturated carbocycles. The van der Waals surface area contributed by atoms with Crippen LogP contribution in [0.2, 0.25) is 5.02 Å². The molecule has 0 atom stereocenters. The van der Waals surface area contributed by atoms with Crippen LogP contribution in [0.3, 0.4) is 0 Å². The molecule has 1 amide bonds. The Kier molecular flexibility index (Phi) is 8.25. The molecule has 0 aliphatic rings. The van der Waals surface area contributed by atoms with Gasteiger partial charge in [-0.05, 0) is 44.1 Å². The zero-order valence-corrected chi connectivity index (χ0v) is 15.7. The number of nitrogens with one attached hydrogen (secondary N) is 2. The van der Waals surface area contributed by atoms with E-state index in [-0.39, 0.29) is 24.2 Å². The summed E-state index contributed by atoms with van der Waals surface area (Å²) in [5.41, 5.74) is 2.36. The smallest absolute Gasteiger partial charge is 0.254 e. The normalized spacial score (nSPS) is 10.5. The van der Waals surface area contributed by atoms with Gasteiger partial charge >= 0.3 is 0 Å². The maximum atomic E-state index is 12.4. The molecule has 0 bridgehead atoms. The number of halogens is 2. The quantitative estimate of drug-likeness (QED) is 0.734. The lowest BCUT2D eigenvalue weighted by molar-refractivity contribution is 0.0952. The van der Waals surface area contributed by atoms with E-state index in [1.165, 1.54) is 0 Å². The van der Waals surface area contributed by atoms with Crippen molar-refractivity contribution in [2.75, 3.05) is 20.1 Å². The topological polar surface area (TPSA) is 58.9 Å². The lowest BCUT2D eigenvalue weighted by Crippen LogP contribution is -2.27. The second-order valence-electron chi connectivity index (χ2n) is 5.70. The predicted octanol–water partition coefficient (Wildman–Crippen LogP) is 3.41. The maximum absolute atomic E-state index is 12.4. The number of carbonyl (C=O) groups excluding carboxylic acids is 1. The molecule has 7 heteroatoms. The Labute approximate surface area is 154 Å². The van der Waals surface area contributed by atoms with Gasteiger partial charge in [0.1, 0.15) is 0 Å². The Hall–Kier alpha value is -1.56. The second-order valence-corrected chi connectivity index (χ2v) is 6.14. The van der Waals surface area contributed by atoms with Gasteiger partial charge in [0.25, 0.3) is 5.91 Å². The third-order valence-corrected chi connectivity index (χ3v) is 3.77. The van der Waals surface area contributed by atoms with Crippen molar-refractivity contribution in [1.29, 1.82) is 0 Å². The largest absolute Gasteiger partial charge is 0.352 e. The summed E-state index contributed by atoms with van der Waals surface area (Å²) in [5, 5.41) is 11.1. The summed E-state index contributed by atoms with van der Waals surface area (Å²) >= 11 is 6.07. The van der Waals surface area contributed by atoms with Gasteiger partial charge in [0, 0.05) is 11.6 Å². The molecule has 0 fully saturated rings. The Morgan fingerprint density at radius 2 is 2.08 bits per heavy atom. The first-order valence-electron chi connectivity index (χ1n) is 7.81. The summed E-state index contributed by atoms with van der Waals surface area (Å²) in [6, 6.07) is 7.47. The first-order chi connectivity index (χ1) is 11.0. The van der Waals surface area contributed by atoms with Crippen LogP contribution < -0.4 is 10.6 Å². The van der Waals surface area contributed by atoms with Gasteiger partial charge in [-0.2, -0.15) is 5.10 Å². The van der Waals surface area contributed by atoms with E-state index >= 15 is 0 Å². The highest BCUT2D eigenvalue weighted by molar-refractivity contribution is 6.30. The minimum Gasteiger partial charge on any atom is -0.352 e. The van der Waals surface area contributed by atoms with E-state index in [2.05, 4.69) is 29.6 Å². The standard InChI is InChI=1S/C17H23ClN4O.ClH/c1-12(2)16-15(17(23)20-9-5-8-19-3)11-21-22(16)14-7-4-6-13(18)10-14;/h4,6-7,10-12,19H,5,8-9H2,1-3H3,(H,20,23);1H. The molecular formula is C17H24Cl2N4O. The third-order valence-electron chi connectivity index (χ3n) is 3.54. The molecule has 1 aromatic carbocycles. The SMILES string of the molecule is CNCCCNC(=O)c1cnn(-c2cccc(Cl)c2)c1C(C)C.Cl. The van der Waals surface area contributed by atoms with Crippen LogP contribution in [-0.2, 0) is 0 Å². The van der Waals surface area contributed by atoms with Gasteiger partial charge in [0.15, 0.2) is 0 Å². The Balaban J connectivity index is 0.00000288. The van der Waals surface area contributed by atoms with E-state index in [4.69, 9.17) is 11.6 Å². The van der Waals surface area contributed by atoms with Crippen molar-refractivity contribution < 1.29 is 4.79 Å². The molecule has 0 saturated heterocycles. The average molecular weight is 371 g/mol. The van der Waals surface area contributed by atoms with Gasteiger partial charge < -0.3 is 10.6 Å². The molecule has 2 aromatic rings. The van der Waals surface area contributed by atoms with E-state index in [9.17, 15) is 4.79 Å². The van der Waals surface area contributed by atoms with Crippen LogP contribution in [0.15, 0.2) is 30.5 Å². The molecule has 2 rings (SSSR count). The fraction of sp³-hybridized carbons (Fsp3) is 0.412. The highest BCUT2D eigenvalue weighted by Gasteiger charge is 2.20. The van der Waals surface area contributed by atoms with Crippen LogP contribution in [0, 0.1) is 0 Å². The fourth-order valence-electron chi connectivity index (χ4n) is 2.46. The molecule has 1 heterocycles. The van der Waals surface area contributed by atoms with E-state index in [1.54, 1.807) is 10.9 Å². The van der Waals surface area contributed by atoms with Crippen LogP contribution in [0.5, 0.6) is 0 Å². The molecule has 0 radical (unpaired) electrons. The monoisotopic (exact) mass is 370 g/mol. The lowest BCUT2D eigenvalue weighted by atomic mass is 10.0. The Bertz CT molecular complexity index is 670. The number of rotatable bonds is 7. The van der Waals surface area contributed by atoms with E-state index < -0.39 is 0 Å². The van der Waals surface area contributed by atoms with E-state index in [0.29, 0.717) is 17.1 Å². The number of aromatic nitrogens is 2. The molecule has 0 spiro atoms. The third kappa shape index (κ3) is 4.97. The van der Waals surface area contributed by atoms with Gasteiger partial charge in [-0.3, -0.25) is 4.79 Å². The second kappa shape index (κ2) is 9.67. The number of hydrogen-bond donors (Lipinski definition) is 2. The number of carbonyl (C=O) groups is 1. The summed E-state index contributed by atoms with van der Waals surface area (Å²) in [6.45, 7) is 5.62. The van der Waals surface area contributed by atoms with Gasteiger partial charge in [-0.15, -0.1) is 12.4 Å². The van der Waals surface area contributed by atoms with Crippen molar-refractivity contribution >= 4 is 29.9 Å². The number of amides is 1. The molecule has 0 aliphatic carbocycles. The van der Waals surface area contributed by atoms with Crippen LogP contribution in [-0.4, -0.2) is 35.8 Å². The highest BCUT2D eigenvalue weighted by atomic mass is 35.5. The van der Waals surface area contributed by atoms with Crippen LogP contribution in [0.1, 0.15) is 42.2 Å². The molecule has 0 unspecified atom stereocenters. The van der Waals surface area contributed by atoms with E-state index in [1.807, 2.05) is 31.3 Å². The summed E-state index contributed by atoms with van der Waals surface area (Å²) in [4.78, 5) is 12.4. The predicted molar refractivity (Wildman–Crippen MR) is 101 cm³/mol. The molecule has 2 N–H and O–H groups in total. The Morgan fingerprint density at radius 3 is 2.71 bits per heavy atom. The first kappa shape index (κ1) is 20.5.